The molecule has 0 radical (unpaired) electrons. The van der Waals surface area contributed by atoms with Crippen LogP contribution in [0.1, 0.15) is 29.7 Å². The van der Waals surface area contributed by atoms with E-state index in [0.29, 0.717) is 0 Å². The Kier molecular flexibility index (Phi) is 6.30. The number of para-hydroxylation sites is 1. The molecule has 5 rings (SSSR count). The SMILES string of the molecule is NC(CNCCNc1c2c(nc3cc(Cl)ccc13)CCCC2)Cc1c[nH]c2ccccc12. The van der Waals surface area contributed by atoms with Crippen molar-refractivity contribution in [2.24, 2.45) is 5.73 Å². The second kappa shape index (κ2) is 9.49. The number of rotatable bonds is 8. The Morgan fingerprint density at radius 2 is 1.94 bits per heavy atom. The molecular weight excluding hydrogens is 418 g/mol. The highest BCUT2D eigenvalue weighted by atomic mass is 35.5. The molecule has 0 bridgehead atoms. The number of benzene rings is 2. The van der Waals surface area contributed by atoms with Crippen LogP contribution in [0.15, 0.2) is 48.7 Å². The van der Waals surface area contributed by atoms with E-state index in [4.69, 9.17) is 22.3 Å². The Hall–Kier alpha value is -2.60. The van der Waals surface area contributed by atoms with Gasteiger partial charge in [-0.15, -0.1) is 0 Å². The zero-order chi connectivity index (χ0) is 21.9. The second-order valence-corrected chi connectivity index (χ2v) is 9.17. The highest BCUT2D eigenvalue weighted by Crippen LogP contribution is 2.34. The summed E-state index contributed by atoms with van der Waals surface area (Å²) in [7, 11) is 0. The minimum atomic E-state index is 0.0749. The van der Waals surface area contributed by atoms with Crippen LogP contribution in [0.25, 0.3) is 21.8 Å². The lowest BCUT2D eigenvalue weighted by molar-refractivity contribution is 0.583. The average molecular weight is 448 g/mol. The summed E-state index contributed by atoms with van der Waals surface area (Å²) in [5.41, 5.74) is 13.7. The summed E-state index contributed by atoms with van der Waals surface area (Å²) in [6, 6.07) is 14.5. The number of anilines is 1. The van der Waals surface area contributed by atoms with Crippen molar-refractivity contribution in [1.29, 1.82) is 0 Å². The number of aromatic nitrogens is 2. The molecule has 1 aliphatic carbocycles. The number of nitrogens with zero attached hydrogens (tertiary/aromatic N) is 1. The van der Waals surface area contributed by atoms with Crippen molar-refractivity contribution in [3.05, 3.63) is 70.5 Å². The number of nitrogens with two attached hydrogens (primary N) is 1. The Bertz CT molecular complexity index is 1230. The highest BCUT2D eigenvalue weighted by molar-refractivity contribution is 6.31. The van der Waals surface area contributed by atoms with E-state index in [2.05, 4.69) is 52.1 Å². The van der Waals surface area contributed by atoms with Gasteiger partial charge in [0.2, 0.25) is 0 Å². The average Bonchev–Trinajstić information content (AvgIpc) is 3.21. The van der Waals surface area contributed by atoms with Gasteiger partial charge in [0.15, 0.2) is 0 Å². The summed E-state index contributed by atoms with van der Waals surface area (Å²) < 4.78 is 0. The van der Waals surface area contributed by atoms with E-state index in [1.807, 2.05) is 12.1 Å². The van der Waals surface area contributed by atoms with E-state index in [9.17, 15) is 0 Å². The summed E-state index contributed by atoms with van der Waals surface area (Å²) in [6.07, 6.45) is 7.51. The van der Waals surface area contributed by atoms with E-state index >= 15 is 0 Å². The molecular formula is C26H30ClN5. The van der Waals surface area contributed by atoms with Crippen molar-refractivity contribution in [1.82, 2.24) is 15.3 Å². The van der Waals surface area contributed by atoms with E-state index in [0.717, 1.165) is 54.8 Å². The smallest absolute Gasteiger partial charge is 0.0741 e. The van der Waals surface area contributed by atoms with Crippen LogP contribution >= 0.6 is 11.6 Å². The molecule has 0 saturated heterocycles. The minimum absolute atomic E-state index is 0.0749. The number of H-pyrrole nitrogens is 1. The van der Waals surface area contributed by atoms with Gasteiger partial charge >= 0.3 is 0 Å². The highest BCUT2D eigenvalue weighted by Gasteiger charge is 2.18. The number of halogens is 1. The third-order valence-corrected chi connectivity index (χ3v) is 6.63. The number of aryl methyl sites for hydroxylation is 1. The van der Waals surface area contributed by atoms with Crippen molar-refractivity contribution in [2.45, 2.75) is 38.1 Å². The molecule has 0 spiro atoms. The number of hydrogen-bond donors (Lipinski definition) is 4. The number of aromatic amines is 1. The van der Waals surface area contributed by atoms with E-state index in [-0.39, 0.29) is 6.04 Å². The van der Waals surface area contributed by atoms with Crippen molar-refractivity contribution in [2.75, 3.05) is 25.0 Å². The van der Waals surface area contributed by atoms with Crippen LogP contribution in [0.3, 0.4) is 0 Å². The Labute approximate surface area is 193 Å². The van der Waals surface area contributed by atoms with Gasteiger partial charge in [0.25, 0.3) is 0 Å². The van der Waals surface area contributed by atoms with Gasteiger partial charge in [0.1, 0.15) is 0 Å². The second-order valence-electron chi connectivity index (χ2n) is 8.74. The molecule has 2 heterocycles. The molecule has 4 aromatic rings. The van der Waals surface area contributed by atoms with Crippen LogP contribution in [0, 0.1) is 0 Å². The van der Waals surface area contributed by atoms with Crippen molar-refractivity contribution < 1.29 is 0 Å². The molecule has 1 atom stereocenters. The summed E-state index contributed by atoms with van der Waals surface area (Å²) in [4.78, 5) is 8.23. The molecule has 32 heavy (non-hydrogen) atoms. The lowest BCUT2D eigenvalue weighted by Gasteiger charge is -2.22. The summed E-state index contributed by atoms with van der Waals surface area (Å²) >= 11 is 6.23. The summed E-state index contributed by atoms with van der Waals surface area (Å²) in [6.45, 7) is 2.48. The molecule has 0 aliphatic heterocycles. The maximum absolute atomic E-state index is 6.41. The van der Waals surface area contributed by atoms with E-state index in [1.165, 1.54) is 46.3 Å². The first-order valence-electron chi connectivity index (χ1n) is 11.6. The number of nitrogens with one attached hydrogen (secondary N) is 3. The van der Waals surface area contributed by atoms with Crippen molar-refractivity contribution in [3.63, 3.8) is 0 Å². The van der Waals surface area contributed by atoms with Crippen molar-refractivity contribution in [3.8, 4) is 0 Å². The summed E-state index contributed by atoms with van der Waals surface area (Å²) in [5.74, 6) is 0. The van der Waals surface area contributed by atoms with Crippen LogP contribution in [-0.2, 0) is 19.3 Å². The van der Waals surface area contributed by atoms with Crippen molar-refractivity contribution >= 4 is 39.1 Å². The topological polar surface area (TPSA) is 78.8 Å². The quantitative estimate of drug-likeness (QED) is 0.292. The molecule has 166 valence electrons. The first-order valence-corrected chi connectivity index (χ1v) is 11.9. The molecule has 6 heteroatoms. The molecule has 0 saturated carbocycles. The molecule has 1 unspecified atom stereocenters. The summed E-state index contributed by atoms with van der Waals surface area (Å²) in [5, 5.41) is 10.4. The van der Waals surface area contributed by atoms with Crippen LogP contribution in [0.5, 0.6) is 0 Å². The van der Waals surface area contributed by atoms with Gasteiger partial charge in [-0.2, -0.15) is 0 Å². The normalized spacial score (nSPS) is 14.6. The first-order chi connectivity index (χ1) is 15.7. The predicted molar refractivity (Wildman–Crippen MR) is 135 cm³/mol. The van der Waals surface area contributed by atoms with Gasteiger partial charge in [0, 0.05) is 64.6 Å². The van der Waals surface area contributed by atoms with Crippen LogP contribution in [0.2, 0.25) is 5.02 Å². The Balaban J connectivity index is 1.19. The van der Waals surface area contributed by atoms with E-state index < -0.39 is 0 Å². The van der Waals surface area contributed by atoms with Gasteiger partial charge in [0.05, 0.1) is 5.52 Å². The largest absolute Gasteiger partial charge is 0.383 e. The maximum atomic E-state index is 6.41. The fraction of sp³-hybridized carbons (Fsp3) is 0.346. The predicted octanol–water partition coefficient (Wildman–Crippen LogP) is 4.82. The molecule has 5 nitrogen and oxygen atoms in total. The number of pyridine rings is 1. The van der Waals surface area contributed by atoms with Crippen LogP contribution in [-0.4, -0.2) is 35.6 Å². The van der Waals surface area contributed by atoms with Gasteiger partial charge in [-0.25, -0.2) is 0 Å². The van der Waals surface area contributed by atoms with Crippen LogP contribution in [0.4, 0.5) is 5.69 Å². The number of hydrogen-bond acceptors (Lipinski definition) is 4. The van der Waals surface area contributed by atoms with Gasteiger partial charge < -0.3 is 21.4 Å². The Morgan fingerprint density at radius 3 is 2.88 bits per heavy atom. The zero-order valence-corrected chi connectivity index (χ0v) is 19.0. The molecule has 0 amide bonds. The lowest BCUT2D eigenvalue weighted by atomic mass is 9.92. The minimum Gasteiger partial charge on any atom is -0.383 e. The van der Waals surface area contributed by atoms with Gasteiger partial charge in [-0.05, 0) is 67.5 Å². The number of fused-ring (bicyclic) bond motifs is 3. The van der Waals surface area contributed by atoms with Gasteiger partial charge in [-0.1, -0.05) is 29.8 Å². The molecule has 2 aromatic carbocycles. The third kappa shape index (κ3) is 4.46. The maximum Gasteiger partial charge on any atom is 0.0741 e. The van der Waals surface area contributed by atoms with Crippen LogP contribution < -0.4 is 16.4 Å². The van der Waals surface area contributed by atoms with Gasteiger partial charge in [-0.3, -0.25) is 4.98 Å². The fourth-order valence-electron chi connectivity index (χ4n) is 4.82. The zero-order valence-electron chi connectivity index (χ0n) is 18.3. The lowest BCUT2D eigenvalue weighted by Crippen LogP contribution is -2.37. The molecule has 5 N–H and O–H groups in total. The monoisotopic (exact) mass is 447 g/mol. The third-order valence-electron chi connectivity index (χ3n) is 6.39. The molecule has 2 aromatic heterocycles. The molecule has 1 aliphatic rings. The van der Waals surface area contributed by atoms with E-state index in [1.54, 1.807) is 0 Å². The molecule has 0 fully saturated rings. The Morgan fingerprint density at radius 1 is 1.06 bits per heavy atom. The first kappa shape index (κ1) is 21.3. The standard InChI is InChI=1S/C26H30ClN5/c27-18-9-10-22-25(14-18)32-24-8-4-2-6-21(24)26(22)30-12-11-29-16-19(28)13-17-15-31-23-7-3-1-5-20(17)23/h1,3,5,7,9-10,14-15,19,29,31H,2,4,6,8,11-13,16,28H2,(H,30,32). The fourth-order valence-corrected chi connectivity index (χ4v) is 4.99.